The second-order valence-corrected chi connectivity index (χ2v) is 1.39. The number of hydrogen-bond donors (Lipinski definition) is 1. The molecular formula is CH4O2PZn+. The zero-order chi connectivity index (χ0) is 3.58. The van der Waals surface area contributed by atoms with Crippen LogP contribution in [0.15, 0.2) is 0 Å². The molecule has 0 saturated heterocycles. The molecule has 1 N–H and O–H groups in total. The van der Waals surface area contributed by atoms with E-state index in [1.54, 1.807) is 0 Å². The summed E-state index contributed by atoms with van der Waals surface area (Å²) in [5.74, 6) is 0. The minimum absolute atomic E-state index is 0. The molecule has 0 amide bonds. The zero-order valence-corrected chi connectivity index (χ0v) is 6.87. The van der Waals surface area contributed by atoms with Crippen molar-refractivity contribution >= 4 is 8.03 Å². The molecule has 0 heterocycles. The molecule has 1 unspecified atom stereocenters. The molecule has 0 aromatic rings. The third-order valence-corrected chi connectivity index (χ3v) is 0. The molecule has 0 aliphatic heterocycles. The molecule has 0 aromatic carbocycles. The van der Waals surface area contributed by atoms with E-state index >= 15 is 0 Å². The van der Waals surface area contributed by atoms with E-state index in [4.69, 9.17) is 9.46 Å². The van der Waals surface area contributed by atoms with Crippen molar-refractivity contribution in [1.82, 2.24) is 0 Å². The first-order valence-electron chi connectivity index (χ1n) is 0.830. The van der Waals surface area contributed by atoms with Crippen molar-refractivity contribution in [2.45, 2.75) is 0 Å². The zero-order valence-electron chi connectivity index (χ0n) is 3.01. The standard InChI is InChI=1S/CH3O2P.Zn/c1-4(2)3;/h1H3;/p+1. The minimum Gasteiger partial charge on any atom is -0.161 e. The Bertz CT molecular complexity index is 32.6. The molecule has 0 radical (unpaired) electrons. The quantitative estimate of drug-likeness (QED) is 0.393. The third-order valence-electron chi connectivity index (χ3n) is 0. The van der Waals surface area contributed by atoms with E-state index < -0.39 is 8.03 Å². The Labute approximate surface area is 44.2 Å². The van der Waals surface area contributed by atoms with E-state index in [1.807, 2.05) is 0 Å². The molecule has 0 rings (SSSR count). The Hall–Kier alpha value is 0.683. The number of hydrogen-bond acceptors (Lipinski definition) is 1. The van der Waals surface area contributed by atoms with Crippen LogP contribution in [0.1, 0.15) is 0 Å². The topological polar surface area (TPSA) is 37.3 Å². The summed E-state index contributed by atoms with van der Waals surface area (Å²) < 4.78 is 9.15. The first kappa shape index (κ1) is 9.19. The summed E-state index contributed by atoms with van der Waals surface area (Å²) in [6.07, 6.45) is 0. The van der Waals surface area contributed by atoms with Crippen LogP contribution in [0.5, 0.6) is 0 Å². The predicted molar refractivity (Wildman–Crippen MR) is 15.7 cm³/mol. The summed E-state index contributed by atoms with van der Waals surface area (Å²) in [5, 5.41) is 0. The maximum atomic E-state index is 9.15. The molecule has 0 saturated carbocycles. The van der Waals surface area contributed by atoms with Gasteiger partial charge in [0.2, 0.25) is 0 Å². The van der Waals surface area contributed by atoms with Crippen LogP contribution in [0.3, 0.4) is 0 Å². The average molecular weight is 144 g/mol. The maximum absolute atomic E-state index is 9.15. The van der Waals surface area contributed by atoms with Crippen LogP contribution in [0.4, 0.5) is 0 Å². The second-order valence-electron chi connectivity index (χ2n) is 0.464. The molecule has 0 fully saturated rings. The largest absolute Gasteiger partial charge is 0.502 e. The average Bonchev–Trinajstić information content (AvgIpc) is 0.811. The van der Waals surface area contributed by atoms with E-state index in [9.17, 15) is 0 Å². The first-order valence-corrected chi connectivity index (χ1v) is 2.49. The molecule has 1 atom stereocenters. The van der Waals surface area contributed by atoms with E-state index in [0.29, 0.717) is 0 Å². The molecule has 0 aliphatic carbocycles. The van der Waals surface area contributed by atoms with E-state index in [-0.39, 0.29) is 19.5 Å². The Morgan fingerprint density at radius 2 is 1.80 bits per heavy atom. The predicted octanol–water partition coefficient (Wildman–Crippen LogP) is 0.348. The van der Waals surface area contributed by atoms with Gasteiger partial charge in [-0.05, 0) is 4.57 Å². The fourth-order valence-corrected chi connectivity index (χ4v) is 0. The van der Waals surface area contributed by atoms with Crippen LogP contribution in [-0.2, 0) is 24.0 Å². The van der Waals surface area contributed by atoms with E-state index in [0.717, 1.165) is 0 Å². The Morgan fingerprint density at radius 3 is 1.80 bits per heavy atom. The van der Waals surface area contributed by atoms with Gasteiger partial charge in [-0.15, -0.1) is 0 Å². The number of rotatable bonds is 0. The molecule has 0 bridgehead atoms. The van der Waals surface area contributed by atoms with Crippen LogP contribution in [0.2, 0.25) is 0 Å². The third kappa shape index (κ3) is 72.2. The van der Waals surface area contributed by atoms with Crippen LogP contribution < -0.4 is 0 Å². The van der Waals surface area contributed by atoms with Gasteiger partial charge in [-0.2, -0.15) is 4.89 Å². The van der Waals surface area contributed by atoms with Gasteiger partial charge in [0.25, 0.3) is 0 Å². The van der Waals surface area contributed by atoms with Crippen LogP contribution in [0.25, 0.3) is 0 Å². The molecule has 0 aliphatic rings. The van der Waals surface area contributed by atoms with Crippen LogP contribution in [-0.4, -0.2) is 11.6 Å². The van der Waals surface area contributed by atoms with Crippen molar-refractivity contribution in [3.63, 3.8) is 0 Å². The normalized spacial score (nSPS) is 8.80. The van der Waals surface area contributed by atoms with Crippen molar-refractivity contribution in [2.24, 2.45) is 0 Å². The molecule has 2 nitrogen and oxygen atoms in total. The monoisotopic (exact) mass is 143 g/mol. The van der Waals surface area contributed by atoms with Crippen molar-refractivity contribution in [3.8, 4) is 0 Å². The van der Waals surface area contributed by atoms with Crippen molar-refractivity contribution < 1.29 is 28.9 Å². The van der Waals surface area contributed by atoms with Gasteiger partial charge in [0, 0.05) is 19.5 Å². The van der Waals surface area contributed by atoms with Gasteiger partial charge in [0.15, 0.2) is 6.66 Å². The van der Waals surface area contributed by atoms with Crippen LogP contribution in [0, 0.1) is 0 Å². The van der Waals surface area contributed by atoms with Crippen molar-refractivity contribution in [1.29, 1.82) is 0 Å². The summed E-state index contributed by atoms with van der Waals surface area (Å²) in [6.45, 7) is 1.23. The smallest absolute Gasteiger partial charge is 0.161 e. The maximum Gasteiger partial charge on any atom is 0.502 e. The molecule has 0 aromatic heterocycles. The van der Waals surface area contributed by atoms with Gasteiger partial charge in [0.05, 0.1) is 0 Å². The van der Waals surface area contributed by atoms with E-state index in [1.165, 1.54) is 6.66 Å². The minimum atomic E-state index is -1.87. The Balaban J connectivity index is 0. The fourth-order valence-electron chi connectivity index (χ4n) is 0. The second kappa shape index (κ2) is 4.68. The SMILES string of the molecule is C[P+](=O)O.[Zn]. The fraction of sp³-hybridized carbons (Fsp3) is 1.00. The van der Waals surface area contributed by atoms with Gasteiger partial charge in [-0.25, -0.2) is 0 Å². The van der Waals surface area contributed by atoms with Crippen molar-refractivity contribution in [2.75, 3.05) is 6.66 Å². The van der Waals surface area contributed by atoms with Gasteiger partial charge >= 0.3 is 8.03 Å². The van der Waals surface area contributed by atoms with Crippen molar-refractivity contribution in [3.05, 3.63) is 0 Å². The molecular weight excluding hydrogens is 140 g/mol. The molecule has 0 spiro atoms. The summed E-state index contributed by atoms with van der Waals surface area (Å²) >= 11 is 0. The molecule has 5 heavy (non-hydrogen) atoms. The summed E-state index contributed by atoms with van der Waals surface area (Å²) in [7, 11) is -1.87. The molecule has 4 heteroatoms. The van der Waals surface area contributed by atoms with E-state index in [2.05, 4.69) is 0 Å². The van der Waals surface area contributed by atoms with Gasteiger partial charge in [-0.1, -0.05) is 0 Å². The summed E-state index contributed by atoms with van der Waals surface area (Å²) in [5.41, 5.74) is 0. The van der Waals surface area contributed by atoms with Gasteiger partial charge in [0.1, 0.15) is 0 Å². The van der Waals surface area contributed by atoms with Gasteiger partial charge in [-0.3, -0.25) is 0 Å². The Morgan fingerprint density at radius 1 is 1.80 bits per heavy atom. The van der Waals surface area contributed by atoms with Gasteiger partial charge < -0.3 is 0 Å². The summed E-state index contributed by atoms with van der Waals surface area (Å²) in [6, 6.07) is 0. The van der Waals surface area contributed by atoms with Crippen LogP contribution >= 0.6 is 8.03 Å². The molecule has 26 valence electrons. The first-order chi connectivity index (χ1) is 1.73. The summed E-state index contributed by atoms with van der Waals surface area (Å²) in [4.78, 5) is 7.56. The Kier molecular flexibility index (Phi) is 8.61.